The van der Waals surface area contributed by atoms with E-state index in [1.54, 1.807) is 24.3 Å². The Bertz CT molecular complexity index is 1790. The van der Waals surface area contributed by atoms with Gasteiger partial charge in [0.15, 0.2) is 11.5 Å². The Morgan fingerprint density at radius 3 is 2.10 bits per heavy atom. The summed E-state index contributed by atoms with van der Waals surface area (Å²) in [7, 11) is -1.65. The van der Waals surface area contributed by atoms with E-state index >= 15 is 0 Å². The highest BCUT2D eigenvalue weighted by Crippen LogP contribution is 2.32. The van der Waals surface area contributed by atoms with Crippen LogP contribution in [0.5, 0.6) is 11.5 Å². The molecule has 0 spiro atoms. The maximum absolute atomic E-state index is 14.5. The smallest absolute Gasteiger partial charge is 0.264 e. The largest absolute Gasteiger partial charge is 0.493 e. The van der Waals surface area contributed by atoms with Gasteiger partial charge in [-0.25, -0.2) is 12.8 Å². The summed E-state index contributed by atoms with van der Waals surface area (Å²) in [5.41, 5.74) is 1.54. The number of halogens is 2. The molecule has 1 atom stereocenters. The van der Waals surface area contributed by atoms with Gasteiger partial charge in [0.25, 0.3) is 10.0 Å². The molecule has 0 fully saturated rings. The molecule has 9 nitrogen and oxygen atoms in total. The molecule has 0 unspecified atom stereocenters. The lowest BCUT2D eigenvalue weighted by atomic mass is 10.0. The molecule has 0 heterocycles. The quantitative estimate of drug-likeness (QED) is 0.161. The van der Waals surface area contributed by atoms with Gasteiger partial charge in [-0.15, -0.1) is 0 Å². The van der Waals surface area contributed by atoms with Crippen LogP contribution in [0.25, 0.3) is 0 Å². The second kappa shape index (κ2) is 16.5. The van der Waals surface area contributed by atoms with Crippen molar-refractivity contribution in [2.45, 2.75) is 37.8 Å². The van der Waals surface area contributed by atoms with Crippen LogP contribution < -0.4 is 19.1 Å². The zero-order valence-electron chi connectivity index (χ0n) is 27.2. The summed E-state index contributed by atoms with van der Waals surface area (Å²) in [6.45, 7) is 3.59. The van der Waals surface area contributed by atoms with Gasteiger partial charge in [-0.3, -0.25) is 13.9 Å². The van der Waals surface area contributed by atoms with Crippen LogP contribution in [-0.2, 0) is 32.6 Å². The molecule has 48 heavy (non-hydrogen) atoms. The first kappa shape index (κ1) is 36.2. The van der Waals surface area contributed by atoms with E-state index in [1.807, 2.05) is 44.2 Å². The molecule has 4 aromatic carbocycles. The van der Waals surface area contributed by atoms with E-state index in [4.69, 9.17) is 21.1 Å². The van der Waals surface area contributed by atoms with Crippen LogP contribution in [0.4, 0.5) is 10.1 Å². The Morgan fingerprint density at radius 2 is 1.50 bits per heavy atom. The molecule has 254 valence electrons. The van der Waals surface area contributed by atoms with E-state index in [1.165, 1.54) is 49.5 Å². The first-order valence-corrected chi connectivity index (χ1v) is 17.1. The number of carbonyl (C=O) groups is 2. The monoisotopic (exact) mass is 695 g/mol. The van der Waals surface area contributed by atoms with E-state index in [-0.39, 0.29) is 41.1 Å². The van der Waals surface area contributed by atoms with Crippen molar-refractivity contribution in [3.05, 3.63) is 119 Å². The molecule has 1 N–H and O–H groups in total. The van der Waals surface area contributed by atoms with Crippen LogP contribution in [0.15, 0.2) is 102 Å². The van der Waals surface area contributed by atoms with Gasteiger partial charge in [-0.1, -0.05) is 67.9 Å². The van der Waals surface area contributed by atoms with Crippen molar-refractivity contribution in [3.8, 4) is 11.5 Å². The molecule has 4 rings (SSSR count). The number of methoxy groups -OCH3 is 2. The van der Waals surface area contributed by atoms with Gasteiger partial charge in [0.1, 0.15) is 18.4 Å². The molecular formula is C36H39ClFN3O6S. The normalized spacial score (nSPS) is 11.9. The Labute approximate surface area is 286 Å². The number of anilines is 1. The Morgan fingerprint density at radius 1 is 0.854 bits per heavy atom. The standard InChI is InChI=1S/C36H39ClFN3O6S/c1-25(2)22-39-36(43)32(20-26-8-6-5-7-9-26)40(23-27-10-12-28(37)13-11-27)35(42)24-41(30-16-14-29(38)15-17-30)48(44,45)31-18-19-33(46-3)34(21-31)47-4/h5-19,21,25,32H,20,22-24H2,1-4H3,(H,39,43)/t32-/m0/s1. The summed E-state index contributed by atoms with van der Waals surface area (Å²) < 4.78 is 54.1. The predicted molar refractivity (Wildman–Crippen MR) is 184 cm³/mol. The lowest BCUT2D eigenvalue weighted by Crippen LogP contribution is -2.53. The zero-order chi connectivity index (χ0) is 34.8. The summed E-state index contributed by atoms with van der Waals surface area (Å²) in [5, 5.41) is 3.45. The predicted octanol–water partition coefficient (Wildman–Crippen LogP) is 6.10. The highest BCUT2D eigenvalue weighted by atomic mass is 35.5. The Kier molecular flexibility index (Phi) is 12.4. The number of carbonyl (C=O) groups excluding carboxylic acids is 2. The fourth-order valence-corrected chi connectivity index (χ4v) is 6.56. The minimum Gasteiger partial charge on any atom is -0.493 e. The zero-order valence-corrected chi connectivity index (χ0v) is 28.8. The third kappa shape index (κ3) is 9.26. The fourth-order valence-electron chi connectivity index (χ4n) is 5.00. The summed E-state index contributed by atoms with van der Waals surface area (Å²) in [4.78, 5) is 29.6. The number of sulfonamides is 1. The van der Waals surface area contributed by atoms with E-state index in [0.717, 1.165) is 22.0 Å². The Hall–Kier alpha value is -4.61. The van der Waals surface area contributed by atoms with Crippen LogP contribution in [0.3, 0.4) is 0 Å². The lowest BCUT2D eigenvalue weighted by molar-refractivity contribution is -0.140. The van der Waals surface area contributed by atoms with E-state index < -0.39 is 34.3 Å². The maximum atomic E-state index is 14.5. The number of hydrogen-bond acceptors (Lipinski definition) is 6. The number of benzene rings is 4. The second-order valence-electron chi connectivity index (χ2n) is 11.5. The number of ether oxygens (including phenoxy) is 2. The third-order valence-corrected chi connectivity index (χ3v) is 9.58. The van der Waals surface area contributed by atoms with Gasteiger partial charge >= 0.3 is 0 Å². The van der Waals surface area contributed by atoms with Crippen molar-refractivity contribution in [3.63, 3.8) is 0 Å². The van der Waals surface area contributed by atoms with Gasteiger partial charge in [0, 0.05) is 30.6 Å². The van der Waals surface area contributed by atoms with Crippen LogP contribution in [0, 0.1) is 11.7 Å². The average molecular weight is 696 g/mol. The number of nitrogens with one attached hydrogen (secondary N) is 1. The molecule has 0 radical (unpaired) electrons. The van der Waals surface area contributed by atoms with Crippen molar-refractivity contribution < 1.29 is 31.9 Å². The molecule has 0 aliphatic rings. The van der Waals surface area contributed by atoms with E-state index in [9.17, 15) is 22.4 Å². The van der Waals surface area contributed by atoms with Crippen LogP contribution in [-0.4, -0.2) is 58.5 Å². The minimum absolute atomic E-state index is 0.0176. The summed E-state index contributed by atoms with van der Waals surface area (Å²) in [6, 6.07) is 23.9. The number of rotatable bonds is 15. The number of nitrogens with zero attached hydrogens (tertiary/aromatic N) is 2. The Balaban J connectivity index is 1.81. The maximum Gasteiger partial charge on any atom is 0.264 e. The van der Waals surface area contributed by atoms with Gasteiger partial charge in [0.2, 0.25) is 11.8 Å². The molecule has 0 aliphatic heterocycles. The molecule has 0 saturated heterocycles. The van der Waals surface area contributed by atoms with Gasteiger partial charge in [0.05, 0.1) is 24.8 Å². The highest BCUT2D eigenvalue weighted by molar-refractivity contribution is 7.92. The molecule has 0 bridgehead atoms. The van der Waals surface area contributed by atoms with Crippen molar-refractivity contribution in [2.24, 2.45) is 5.92 Å². The molecule has 12 heteroatoms. The number of amides is 2. The van der Waals surface area contributed by atoms with E-state index in [2.05, 4.69) is 5.32 Å². The third-order valence-electron chi connectivity index (χ3n) is 7.56. The molecular weight excluding hydrogens is 657 g/mol. The molecule has 4 aromatic rings. The topological polar surface area (TPSA) is 105 Å². The van der Waals surface area contributed by atoms with E-state index in [0.29, 0.717) is 22.9 Å². The first-order valence-electron chi connectivity index (χ1n) is 15.3. The molecule has 2 amide bonds. The van der Waals surface area contributed by atoms with Crippen molar-refractivity contribution in [1.29, 1.82) is 0 Å². The molecule has 0 saturated carbocycles. The average Bonchev–Trinajstić information content (AvgIpc) is 3.08. The summed E-state index contributed by atoms with van der Waals surface area (Å²) in [6.07, 6.45) is 0.170. The van der Waals surface area contributed by atoms with Gasteiger partial charge in [-0.05, 0) is 65.6 Å². The molecule has 0 aromatic heterocycles. The summed E-state index contributed by atoms with van der Waals surface area (Å²) >= 11 is 6.14. The second-order valence-corrected chi connectivity index (χ2v) is 13.8. The SMILES string of the molecule is COc1ccc(S(=O)(=O)N(CC(=O)N(Cc2ccc(Cl)cc2)[C@@H](Cc2ccccc2)C(=O)NCC(C)C)c2ccc(F)cc2)cc1OC. The van der Waals surface area contributed by atoms with Crippen LogP contribution in [0.2, 0.25) is 5.02 Å². The lowest BCUT2D eigenvalue weighted by Gasteiger charge is -2.34. The van der Waals surface area contributed by atoms with Gasteiger partial charge < -0.3 is 19.7 Å². The first-order chi connectivity index (χ1) is 22.9. The summed E-state index contributed by atoms with van der Waals surface area (Å²) in [5.74, 6) is -0.996. The fraction of sp³-hybridized carbons (Fsp3) is 0.278. The number of hydrogen-bond donors (Lipinski definition) is 1. The van der Waals surface area contributed by atoms with Crippen molar-refractivity contribution in [2.75, 3.05) is 31.6 Å². The van der Waals surface area contributed by atoms with Gasteiger partial charge in [-0.2, -0.15) is 0 Å². The van der Waals surface area contributed by atoms with Crippen molar-refractivity contribution >= 4 is 39.1 Å². The highest BCUT2D eigenvalue weighted by Gasteiger charge is 2.35. The molecule has 0 aliphatic carbocycles. The van der Waals surface area contributed by atoms with Crippen LogP contribution >= 0.6 is 11.6 Å². The van der Waals surface area contributed by atoms with Crippen molar-refractivity contribution in [1.82, 2.24) is 10.2 Å². The minimum atomic E-state index is -4.45. The van der Waals surface area contributed by atoms with Crippen LogP contribution in [0.1, 0.15) is 25.0 Å².